The Labute approximate surface area is 562 Å². The number of hydrogen-bond donors (Lipinski definition) is 0. The molecule has 0 radical (unpaired) electrons. The highest BCUT2D eigenvalue weighted by Crippen LogP contribution is 2.54. The maximum Gasteiger partial charge on any atom is 0.131 e. The number of halogens is 2. The fraction of sp³-hybridized carbons (Fsp3) is 0.0455. The van der Waals surface area contributed by atoms with E-state index in [4.69, 9.17) is 27.9 Å². The lowest BCUT2D eigenvalue weighted by Gasteiger charge is -2.35. The zero-order valence-corrected chi connectivity index (χ0v) is 54.0. The summed E-state index contributed by atoms with van der Waals surface area (Å²) in [7, 11) is 0. The largest absolute Gasteiger partial charge is 0.457 e. The predicted octanol–water partition coefficient (Wildman–Crippen LogP) is 26.5. The number of benzene rings is 14. The Morgan fingerprint density at radius 3 is 1.04 bits per heavy atom. The van der Waals surface area contributed by atoms with Crippen LogP contribution in [0.5, 0.6) is 11.5 Å². The Morgan fingerprint density at radius 1 is 0.245 bits per heavy atom. The molecule has 0 N–H and O–H groups in total. The smallest absolute Gasteiger partial charge is 0.131 e. The molecule has 0 aliphatic rings. The maximum absolute atomic E-state index is 7.19. The highest BCUT2D eigenvalue weighted by Gasteiger charge is 2.30. The van der Waals surface area contributed by atoms with Gasteiger partial charge in [0.1, 0.15) is 11.5 Å². The summed E-state index contributed by atoms with van der Waals surface area (Å²) in [5.41, 5.74) is 22.0. The highest BCUT2D eigenvalue weighted by atomic mass is 35.5. The Bertz CT molecular complexity index is 4830. The Balaban J connectivity index is 1.11. The second-order valence-corrected chi connectivity index (χ2v) is 25.3. The molecule has 6 heteroatoms. The predicted molar refractivity (Wildman–Crippen MR) is 398 cm³/mol. The number of para-hydroxylation sites is 3. The number of anilines is 9. The molecule has 14 aromatic rings. The highest BCUT2D eigenvalue weighted by molar-refractivity contribution is 6.31. The SMILES string of the molecule is CC(C)(C)c1cc(N(c2cc(Oc3cccc(Cl)c3)cc(N(c3cccc(Cl)c3)c3c(-c4ccccc4)cccc3-c3ccccc3)c2)c2ccccc2-c2ccccc2)cc(N(c2cccc(-c3ccccc3)c2)c2c(-c3ccccc3)cccc2-c2ccccc2)c1. The van der Waals surface area contributed by atoms with Crippen molar-refractivity contribution in [3.63, 3.8) is 0 Å². The quantitative estimate of drug-likeness (QED) is 0.0904. The normalized spacial score (nSPS) is 11.2. The fourth-order valence-corrected chi connectivity index (χ4v) is 13.0. The van der Waals surface area contributed by atoms with Gasteiger partial charge >= 0.3 is 0 Å². The van der Waals surface area contributed by atoms with Crippen LogP contribution in [0.15, 0.2) is 352 Å². The first kappa shape index (κ1) is 60.4. The Kier molecular flexibility index (Phi) is 17.3. The van der Waals surface area contributed by atoms with Gasteiger partial charge in [-0.1, -0.05) is 305 Å². The molecule has 0 unspecified atom stereocenters. The van der Waals surface area contributed by atoms with Crippen molar-refractivity contribution in [2.45, 2.75) is 26.2 Å². The topological polar surface area (TPSA) is 19.0 Å². The molecule has 0 fully saturated rings. The lowest BCUT2D eigenvalue weighted by atomic mass is 9.85. The van der Waals surface area contributed by atoms with Crippen molar-refractivity contribution in [3.8, 4) is 78.3 Å². The van der Waals surface area contributed by atoms with Crippen molar-refractivity contribution in [2.75, 3.05) is 14.7 Å². The van der Waals surface area contributed by atoms with Gasteiger partial charge in [0.2, 0.25) is 0 Å². The van der Waals surface area contributed by atoms with Gasteiger partial charge in [-0.05, 0) is 129 Å². The Hall–Kier alpha value is -11.1. The number of ether oxygens (including phenoxy) is 1. The van der Waals surface area contributed by atoms with Crippen molar-refractivity contribution in [3.05, 3.63) is 367 Å². The molecule has 0 bridgehead atoms. The van der Waals surface area contributed by atoms with Gasteiger partial charge in [-0.15, -0.1) is 0 Å². The molecule has 4 nitrogen and oxygen atoms in total. The van der Waals surface area contributed by atoms with E-state index in [9.17, 15) is 0 Å². The van der Waals surface area contributed by atoms with Crippen molar-refractivity contribution >= 4 is 74.4 Å². The van der Waals surface area contributed by atoms with E-state index in [2.05, 4.69) is 345 Å². The third-order valence-corrected chi connectivity index (χ3v) is 17.5. The van der Waals surface area contributed by atoms with Crippen molar-refractivity contribution in [1.29, 1.82) is 0 Å². The van der Waals surface area contributed by atoms with E-state index in [0.717, 1.165) is 124 Å². The molecule has 0 aliphatic carbocycles. The minimum atomic E-state index is -0.366. The monoisotopic (exact) mass is 1250 g/mol. The van der Waals surface area contributed by atoms with Crippen LogP contribution in [0, 0.1) is 0 Å². The molecule has 454 valence electrons. The molecule has 0 heterocycles. The molecular weight excluding hydrogens is 1190 g/mol. The standard InChI is InChI=1S/C88H67Cl2N3O/c1-88(2,3)69-54-74(58-75(55-69)92(72-44-24-41-68(53-72)62-29-10-4-11-30-62)86-81(64-33-14-6-15-34-64)48-27-49-82(86)65-35-16-7-17-36-65)91(85-52-23-22-47-80(85)63-31-12-5-13-32-63)76-59-77(61-79(60-76)94-78-46-26-43-71(90)57-78)93(73-45-25-42-70(89)56-73)87-83(66-37-18-8-19-38-66)50-28-51-84(87)67-39-20-9-21-40-67/h4-61H,1-3H3. The van der Waals surface area contributed by atoms with Crippen LogP contribution in [0.3, 0.4) is 0 Å². The summed E-state index contributed by atoms with van der Waals surface area (Å²) in [6.45, 7) is 6.92. The summed E-state index contributed by atoms with van der Waals surface area (Å²) in [5.74, 6) is 1.17. The van der Waals surface area contributed by atoms with Gasteiger partial charge in [0.15, 0.2) is 0 Å². The lowest BCUT2D eigenvalue weighted by Crippen LogP contribution is -2.19. The van der Waals surface area contributed by atoms with Gasteiger partial charge in [-0.2, -0.15) is 0 Å². The zero-order valence-electron chi connectivity index (χ0n) is 52.5. The van der Waals surface area contributed by atoms with Gasteiger partial charge in [-0.3, -0.25) is 0 Å². The van der Waals surface area contributed by atoms with E-state index in [1.165, 1.54) is 0 Å². The van der Waals surface area contributed by atoms with Crippen molar-refractivity contribution < 1.29 is 4.74 Å². The molecule has 0 aliphatic heterocycles. The number of hydrogen-bond acceptors (Lipinski definition) is 4. The van der Waals surface area contributed by atoms with Crippen molar-refractivity contribution in [2.24, 2.45) is 0 Å². The second-order valence-electron chi connectivity index (χ2n) is 24.4. The molecule has 0 spiro atoms. The first-order chi connectivity index (χ1) is 46.1. The van der Waals surface area contributed by atoms with Crippen LogP contribution < -0.4 is 19.4 Å². The van der Waals surface area contributed by atoms with Crippen LogP contribution in [0.2, 0.25) is 10.0 Å². The molecule has 0 amide bonds. The lowest BCUT2D eigenvalue weighted by molar-refractivity contribution is 0.483. The van der Waals surface area contributed by atoms with Crippen LogP contribution in [0.25, 0.3) is 66.8 Å². The van der Waals surface area contributed by atoms with Crippen LogP contribution >= 0.6 is 23.2 Å². The minimum Gasteiger partial charge on any atom is -0.457 e. The molecule has 0 atom stereocenters. The average Bonchev–Trinajstić information content (AvgIpc) is 0.773. The number of rotatable bonds is 17. The van der Waals surface area contributed by atoms with Gasteiger partial charge in [0.05, 0.1) is 28.4 Å². The van der Waals surface area contributed by atoms with Crippen LogP contribution in [-0.4, -0.2) is 0 Å². The van der Waals surface area contributed by atoms with Crippen LogP contribution in [-0.2, 0) is 5.41 Å². The van der Waals surface area contributed by atoms with Gasteiger partial charge < -0.3 is 19.4 Å². The van der Waals surface area contributed by atoms with E-state index in [1.807, 2.05) is 42.5 Å². The fourth-order valence-electron chi connectivity index (χ4n) is 12.7. The van der Waals surface area contributed by atoms with Gasteiger partial charge in [0.25, 0.3) is 0 Å². The summed E-state index contributed by atoms with van der Waals surface area (Å²) in [6, 6.07) is 125. The zero-order chi connectivity index (χ0) is 64.0. The van der Waals surface area contributed by atoms with Crippen LogP contribution in [0.1, 0.15) is 26.3 Å². The third kappa shape index (κ3) is 12.9. The first-order valence-electron chi connectivity index (χ1n) is 31.8. The summed E-state index contributed by atoms with van der Waals surface area (Å²) < 4.78 is 7.19. The van der Waals surface area contributed by atoms with Gasteiger partial charge in [0, 0.05) is 72.7 Å². The average molecular weight is 1250 g/mol. The summed E-state index contributed by atoms with van der Waals surface area (Å²) >= 11 is 14.0. The number of nitrogens with zero attached hydrogens (tertiary/aromatic N) is 3. The molecule has 0 aromatic heterocycles. The Morgan fingerprint density at radius 2 is 0.585 bits per heavy atom. The van der Waals surface area contributed by atoms with Gasteiger partial charge in [-0.25, -0.2) is 0 Å². The van der Waals surface area contributed by atoms with E-state index >= 15 is 0 Å². The molecule has 94 heavy (non-hydrogen) atoms. The van der Waals surface area contributed by atoms with E-state index in [-0.39, 0.29) is 5.41 Å². The molecule has 0 saturated heterocycles. The minimum absolute atomic E-state index is 0.366. The van der Waals surface area contributed by atoms with E-state index in [1.54, 1.807) is 0 Å². The van der Waals surface area contributed by atoms with E-state index < -0.39 is 0 Å². The van der Waals surface area contributed by atoms with Crippen LogP contribution in [0.4, 0.5) is 51.2 Å². The first-order valence-corrected chi connectivity index (χ1v) is 32.5. The molecule has 0 saturated carbocycles. The maximum atomic E-state index is 7.19. The molecule has 14 rings (SSSR count). The van der Waals surface area contributed by atoms with E-state index in [0.29, 0.717) is 21.5 Å². The molecule has 14 aromatic carbocycles. The van der Waals surface area contributed by atoms with Crippen molar-refractivity contribution in [1.82, 2.24) is 0 Å². The summed E-state index contributed by atoms with van der Waals surface area (Å²) in [6.07, 6.45) is 0. The molecular formula is C88H67Cl2N3O. The third-order valence-electron chi connectivity index (χ3n) is 17.1. The summed E-state index contributed by atoms with van der Waals surface area (Å²) in [5, 5.41) is 1.16. The summed E-state index contributed by atoms with van der Waals surface area (Å²) in [4.78, 5) is 7.26. The second kappa shape index (κ2) is 27.0.